The quantitative estimate of drug-likeness (QED) is 0.0978. The van der Waals surface area contributed by atoms with Crippen molar-refractivity contribution in [3.05, 3.63) is 83.9 Å². The highest BCUT2D eigenvalue weighted by Crippen LogP contribution is 2.24. The Morgan fingerprint density at radius 2 is 1.09 bits per heavy atom. The minimum absolute atomic E-state index is 0.0973. The zero-order valence-electron chi connectivity index (χ0n) is 25.0. The second-order valence-electron chi connectivity index (χ2n) is 9.70. The third kappa shape index (κ3) is 11.5. The minimum Gasteiger partial charge on any atom is -0.491 e. The van der Waals surface area contributed by atoms with Crippen LogP contribution in [0, 0.1) is 5.92 Å². The van der Waals surface area contributed by atoms with Crippen LogP contribution in [0.1, 0.15) is 54.3 Å². The number of carbonyl (C=O) groups is 3. The molecule has 0 radical (unpaired) electrons. The molecule has 0 amide bonds. The van der Waals surface area contributed by atoms with Gasteiger partial charge in [0.15, 0.2) is 0 Å². The summed E-state index contributed by atoms with van der Waals surface area (Å²) in [6, 6.07) is 21.0. The highest BCUT2D eigenvalue weighted by atomic mass is 16.6. The van der Waals surface area contributed by atoms with Crippen molar-refractivity contribution in [2.24, 2.45) is 5.92 Å². The molecule has 0 aliphatic rings. The fourth-order valence-electron chi connectivity index (χ4n) is 3.70. The largest absolute Gasteiger partial charge is 0.491 e. The summed E-state index contributed by atoms with van der Waals surface area (Å²) in [5.41, 5.74) is 2.75. The lowest BCUT2D eigenvalue weighted by Crippen LogP contribution is -2.18. The van der Waals surface area contributed by atoms with Gasteiger partial charge in [-0.15, -0.1) is 0 Å². The molecule has 230 valence electrons. The molecule has 0 fully saturated rings. The van der Waals surface area contributed by atoms with Crippen molar-refractivity contribution in [3.63, 3.8) is 0 Å². The van der Waals surface area contributed by atoms with Gasteiger partial charge in [-0.25, -0.2) is 9.59 Å². The van der Waals surface area contributed by atoms with Crippen LogP contribution in [0.15, 0.2) is 72.8 Å². The fraction of sp³-hybridized carbons (Fsp3) is 0.382. The monoisotopic (exact) mass is 592 g/mol. The SMILES string of the molecule is CCCOC(=O)c1ccc(-c2ccc(OC(=O)c3ccc(OCCOCCOCCOC(=O)C(C)CC)cc3)cc2)cc1. The molecule has 0 bridgehead atoms. The second kappa shape index (κ2) is 18.4. The maximum absolute atomic E-state index is 12.6. The standard InChI is InChI=1S/C34H40O9/c1-4-18-41-33(36)28-8-6-26(7-9-28)27-10-16-31(17-11-27)43-34(37)29-12-14-30(15-13-29)40-23-21-38-19-20-39-22-24-42-32(35)25(3)5-2/h6-17,25H,4-5,18-24H2,1-3H3. The van der Waals surface area contributed by atoms with E-state index < -0.39 is 5.97 Å². The molecule has 3 rings (SSSR count). The maximum atomic E-state index is 12.6. The lowest BCUT2D eigenvalue weighted by molar-refractivity contribution is -0.149. The molecule has 0 aliphatic carbocycles. The molecule has 1 unspecified atom stereocenters. The Labute approximate surface area is 253 Å². The first-order chi connectivity index (χ1) is 20.9. The van der Waals surface area contributed by atoms with Crippen LogP contribution in [-0.4, -0.2) is 64.2 Å². The third-order valence-corrected chi connectivity index (χ3v) is 6.40. The van der Waals surface area contributed by atoms with Gasteiger partial charge >= 0.3 is 17.9 Å². The molecule has 0 spiro atoms. The van der Waals surface area contributed by atoms with Crippen LogP contribution in [0.25, 0.3) is 11.1 Å². The van der Waals surface area contributed by atoms with Crippen molar-refractivity contribution in [2.75, 3.05) is 46.2 Å². The molecular formula is C34H40O9. The number of rotatable bonds is 18. The third-order valence-electron chi connectivity index (χ3n) is 6.40. The van der Waals surface area contributed by atoms with Crippen LogP contribution in [0.2, 0.25) is 0 Å². The van der Waals surface area contributed by atoms with Gasteiger partial charge in [0.1, 0.15) is 24.7 Å². The van der Waals surface area contributed by atoms with Gasteiger partial charge in [0.2, 0.25) is 0 Å². The summed E-state index contributed by atoms with van der Waals surface area (Å²) >= 11 is 0. The highest BCUT2D eigenvalue weighted by molar-refractivity contribution is 5.91. The van der Waals surface area contributed by atoms with Gasteiger partial charge < -0.3 is 28.4 Å². The molecule has 3 aromatic rings. The average Bonchev–Trinajstić information content (AvgIpc) is 3.04. The Hall–Kier alpha value is -4.21. The zero-order valence-corrected chi connectivity index (χ0v) is 25.0. The van der Waals surface area contributed by atoms with Crippen LogP contribution in [-0.2, 0) is 23.7 Å². The zero-order chi connectivity index (χ0) is 30.9. The maximum Gasteiger partial charge on any atom is 0.343 e. The lowest BCUT2D eigenvalue weighted by atomic mass is 10.0. The molecule has 9 heteroatoms. The first-order valence-electron chi connectivity index (χ1n) is 14.6. The van der Waals surface area contributed by atoms with E-state index >= 15 is 0 Å². The van der Waals surface area contributed by atoms with E-state index in [9.17, 15) is 14.4 Å². The predicted molar refractivity (Wildman–Crippen MR) is 161 cm³/mol. The van der Waals surface area contributed by atoms with Gasteiger partial charge in [-0.05, 0) is 72.5 Å². The smallest absolute Gasteiger partial charge is 0.343 e. The molecule has 0 aromatic heterocycles. The van der Waals surface area contributed by atoms with Crippen LogP contribution in [0.4, 0.5) is 0 Å². The Morgan fingerprint density at radius 1 is 0.581 bits per heavy atom. The predicted octanol–water partition coefficient (Wildman–Crippen LogP) is 6.14. The number of hydrogen-bond acceptors (Lipinski definition) is 9. The van der Waals surface area contributed by atoms with Gasteiger partial charge in [-0.2, -0.15) is 0 Å². The Morgan fingerprint density at radius 3 is 1.70 bits per heavy atom. The average molecular weight is 593 g/mol. The van der Waals surface area contributed by atoms with Crippen molar-refractivity contribution in [1.29, 1.82) is 0 Å². The van der Waals surface area contributed by atoms with E-state index in [0.717, 1.165) is 24.0 Å². The van der Waals surface area contributed by atoms with E-state index in [0.29, 0.717) is 62.3 Å². The first kappa shape index (κ1) is 33.3. The van der Waals surface area contributed by atoms with E-state index in [-0.39, 0.29) is 24.5 Å². The van der Waals surface area contributed by atoms with Crippen LogP contribution in [0.3, 0.4) is 0 Å². The van der Waals surface area contributed by atoms with Crippen molar-refractivity contribution in [2.45, 2.75) is 33.6 Å². The molecule has 43 heavy (non-hydrogen) atoms. The number of esters is 3. The van der Waals surface area contributed by atoms with Crippen LogP contribution in [0.5, 0.6) is 11.5 Å². The van der Waals surface area contributed by atoms with E-state index in [1.54, 1.807) is 48.5 Å². The van der Waals surface area contributed by atoms with E-state index in [1.807, 2.05) is 45.0 Å². The minimum atomic E-state index is -0.479. The summed E-state index contributed by atoms with van der Waals surface area (Å²) in [6.45, 7) is 8.20. The fourth-order valence-corrected chi connectivity index (χ4v) is 3.70. The second-order valence-corrected chi connectivity index (χ2v) is 9.70. The van der Waals surface area contributed by atoms with Crippen molar-refractivity contribution >= 4 is 17.9 Å². The summed E-state index contributed by atoms with van der Waals surface area (Å²) in [7, 11) is 0. The summed E-state index contributed by atoms with van der Waals surface area (Å²) in [4.78, 5) is 36.1. The molecule has 3 aromatic carbocycles. The Kier molecular flexibility index (Phi) is 14.2. The highest BCUT2D eigenvalue weighted by Gasteiger charge is 2.12. The van der Waals surface area contributed by atoms with Gasteiger partial charge in [0.05, 0.1) is 50.1 Å². The van der Waals surface area contributed by atoms with E-state index in [1.165, 1.54) is 0 Å². The number of ether oxygens (including phenoxy) is 6. The van der Waals surface area contributed by atoms with Gasteiger partial charge in [0.25, 0.3) is 0 Å². The molecule has 1 atom stereocenters. The summed E-state index contributed by atoms with van der Waals surface area (Å²) in [6.07, 6.45) is 1.53. The molecule has 0 aliphatic heterocycles. The molecule has 0 N–H and O–H groups in total. The normalized spacial score (nSPS) is 11.4. The molecular weight excluding hydrogens is 552 g/mol. The van der Waals surface area contributed by atoms with Crippen molar-refractivity contribution in [3.8, 4) is 22.6 Å². The van der Waals surface area contributed by atoms with Gasteiger partial charge in [0, 0.05) is 0 Å². The topological polar surface area (TPSA) is 107 Å². The molecule has 0 heterocycles. The van der Waals surface area contributed by atoms with Crippen LogP contribution < -0.4 is 9.47 Å². The first-order valence-corrected chi connectivity index (χ1v) is 14.6. The van der Waals surface area contributed by atoms with Crippen LogP contribution >= 0.6 is 0 Å². The number of carbonyl (C=O) groups excluding carboxylic acids is 3. The molecule has 0 saturated heterocycles. The molecule has 9 nitrogen and oxygen atoms in total. The lowest BCUT2D eigenvalue weighted by Gasteiger charge is -2.10. The van der Waals surface area contributed by atoms with E-state index in [4.69, 9.17) is 28.4 Å². The molecule has 0 saturated carbocycles. The number of hydrogen-bond donors (Lipinski definition) is 0. The Balaban J connectivity index is 1.32. The summed E-state index contributed by atoms with van der Waals surface area (Å²) in [5, 5.41) is 0. The van der Waals surface area contributed by atoms with Gasteiger partial charge in [-0.1, -0.05) is 45.0 Å². The van der Waals surface area contributed by atoms with Crippen molar-refractivity contribution in [1.82, 2.24) is 0 Å². The van der Waals surface area contributed by atoms with E-state index in [2.05, 4.69) is 0 Å². The number of benzene rings is 3. The Bertz CT molecular complexity index is 1270. The van der Waals surface area contributed by atoms with Gasteiger partial charge in [-0.3, -0.25) is 4.79 Å². The summed E-state index contributed by atoms with van der Waals surface area (Å²) < 4.78 is 32.3. The summed E-state index contributed by atoms with van der Waals surface area (Å²) in [5.74, 6) is -0.0942. The van der Waals surface area contributed by atoms with Crippen molar-refractivity contribution < 1.29 is 42.8 Å².